The monoisotopic (exact) mass is 288 g/mol. The van der Waals surface area contributed by atoms with Crippen molar-refractivity contribution in [2.24, 2.45) is 0 Å². The Kier molecular flexibility index (Phi) is 3.48. The van der Waals surface area contributed by atoms with Gasteiger partial charge < -0.3 is 4.18 Å². The smallest absolute Gasteiger partial charge is 0.339 e. The molecule has 2 rings (SSSR count). The molecule has 7 heteroatoms. The molecule has 0 heterocycles. The van der Waals surface area contributed by atoms with Crippen molar-refractivity contribution in [3.8, 4) is 5.75 Å². The normalized spacial score (nSPS) is 11.3. The first-order valence-electron chi connectivity index (χ1n) is 5.04. The summed E-state index contributed by atoms with van der Waals surface area (Å²) >= 11 is 0. The summed E-state index contributed by atoms with van der Waals surface area (Å²) in [5, 5.41) is 0. The van der Waals surface area contributed by atoms with Crippen LogP contribution in [0.2, 0.25) is 0 Å². The SMILES string of the molecule is O=S(=O)(Oc1ccccc1F)c1ccc(F)c(F)c1. The fourth-order valence-corrected chi connectivity index (χ4v) is 2.26. The zero-order valence-electron chi connectivity index (χ0n) is 9.31. The minimum atomic E-state index is -4.42. The molecule has 0 aliphatic rings. The maximum atomic E-state index is 13.3. The first-order valence-corrected chi connectivity index (χ1v) is 6.45. The van der Waals surface area contributed by atoms with Gasteiger partial charge in [-0.2, -0.15) is 8.42 Å². The topological polar surface area (TPSA) is 43.4 Å². The van der Waals surface area contributed by atoms with Crippen molar-refractivity contribution >= 4 is 10.1 Å². The summed E-state index contributed by atoms with van der Waals surface area (Å²) < 4.78 is 66.9. The first kappa shape index (κ1) is 13.4. The van der Waals surface area contributed by atoms with Crippen LogP contribution in [0.1, 0.15) is 0 Å². The van der Waals surface area contributed by atoms with Crippen molar-refractivity contribution < 1.29 is 25.8 Å². The van der Waals surface area contributed by atoms with Gasteiger partial charge in [-0.15, -0.1) is 0 Å². The Morgan fingerprint density at radius 1 is 0.842 bits per heavy atom. The Morgan fingerprint density at radius 2 is 1.53 bits per heavy atom. The molecular formula is C12H7F3O3S. The van der Waals surface area contributed by atoms with Gasteiger partial charge in [0.2, 0.25) is 0 Å². The largest absolute Gasteiger partial charge is 0.376 e. The van der Waals surface area contributed by atoms with Crippen molar-refractivity contribution in [1.29, 1.82) is 0 Å². The van der Waals surface area contributed by atoms with E-state index in [1.165, 1.54) is 12.1 Å². The van der Waals surface area contributed by atoms with Gasteiger partial charge >= 0.3 is 10.1 Å². The van der Waals surface area contributed by atoms with Crippen LogP contribution in [0.15, 0.2) is 47.4 Å². The van der Waals surface area contributed by atoms with E-state index in [0.29, 0.717) is 12.1 Å². The van der Waals surface area contributed by atoms with Crippen molar-refractivity contribution in [1.82, 2.24) is 0 Å². The van der Waals surface area contributed by atoms with Crippen LogP contribution in [-0.4, -0.2) is 8.42 Å². The molecule has 0 saturated heterocycles. The Hall–Kier alpha value is -2.02. The van der Waals surface area contributed by atoms with E-state index in [1.54, 1.807) is 0 Å². The predicted molar refractivity (Wildman–Crippen MR) is 60.6 cm³/mol. The predicted octanol–water partition coefficient (Wildman–Crippen LogP) is 2.87. The third-order valence-electron chi connectivity index (χ3n) is 2.22. The maximum Gasteiger partial charge on any atom is 0.339 e. The number of para-hydroxylation sites is 1. The van der Waals surface area contributed by atoms with Gasteiger partial charge in [-0.25, -0.2) is 13.2 Å². The van der Waals surface area contributed by atoms with Crippen LogP contribution in [0.3, 0.4) is 0 Å². The zero-order chi connectivity index (χ0) is 14.0. The molecule has 0 aromatic heterocycles. The number of benzene rings is 2. The van der Waals surface area contributed by atoms with Gasteiger partial charge in [-0.3, -0.25) is 0 Å². The minimum absolute atomic E-state index is 0.464. The second-order valence-corrected chi connectivity index (χ2v) is 5.09. The fourth-order valence-electron chi connectivity index (χ4n) is 1.31. The van der Waals surface area contributed by atoms with Crippen LogP contribution in [0.25, 0.3) is 0 Å². The van der Waals surface area contributed by atoms with Crippen molar-refractivity contribution in [3.05, 3.63) is 59.9 Å². The number of halogens is 3. The van der Waals surface area contributed by atoms with Gasteiger partial charge in [0.1, 0.15) is 4.90 Å². The van der Waals surface area contributed by atoms with E-state index in [-0.39, 0.29) is 0 Å². The number of hydrogen-bond acceptors (Lipinski definition) is 3. The first-order chi connectivity index (χ1) is 8.90. The molecule has 3 nitrogen and oxygen atoms in total. The molecule has 19 heavy (non-hydrogen) atoms. The van der Waals surface area contributed by atoms with Gasteiger partial charge in [0.25, 0.3) is 0 Å². The molecule has 2 aromatic rings. The Labute approximate surface area is 107 Å². The molecule has 0 atom stereocenters. The molecule has 0 aliphatic heterocycles. The van der Waals surface area contributed by atoms with E-state index < -0.39 is 38.2 Å². The quantitative estimate of drug-likeness (QED) is 0.816. The highest BCUT2D eigenvalue weighted by molar-refractivity contribution is 7.87. The van der Waals surface area contributed by atoms with Crippen LogP contribution < -0.4 is 4.18 Å². The van der Waals surface area contributed by atoms with Crippen molar-refractivity contribution in [2.45, 2.75) is 4.90 Å². The highest BCUT2D eigenvalue weighted by atomic mass is 32.2. The molecule has 0 saturated carbocycles. The molecule has 0 aliphatic carbocycles. The lowest BCUT2D eigenvalue weighted by Crippen LogP contribution is -2.11. The minimum Gasteiger partial charge on any atom is -0.376 e. The number of rotatable bonds is 3. The second kappa shape index (κ2) is 4.93. The fraction of sp³-hybridized carbons (Fsp3) is 0. The third-order valence-corrected chi connectivity index (χ3v) is 3.45. The lowest BCUT2D eigenvalue weighted by Gasteiger charge is -2.07. The molecule has 0 radical (unpaired) electrons. The molecule has 0 fully saturated rings. The highest BCUT2D eigenvalue weighted by Gasteiger charge is 2.20. The molecule has 100 valence electrons. The molecular weight excluding hydrogens is 281 g/mol. The third kappa shape index (κ3) is 2.87. The molecule has 0 amide bonds. The average molecular weight is 288 g/mol. The number of hydrogen-bond donors (Lipinski definition) is 0. The van der Waals surface area contributed by atoms with Gasteiger partial charge in [0.05, 0.1) is 0 Å². The van der Waals surface area contributed by atoms with Crippen LogP contribution in [0.4, 0.5) is 13.2 Å². The van der Waals surface area contributed by atoms with Crippen LogP contribution in [-0.2, 0) is 10.1 Å². The van der Waals surface area contributed by atoms with Gasteiger partial charge in [0, 0.05) is 0 Å². The summed E-state index contributed by atoms with van der Waals surface area (Å²) in [4.78, 5) is -0.602. The average Bonchev–Trinajstić information content (AvgIpc) is 2.35. The van der Waals surface area contributed by atoms with Crippen molar-refractivity contribution in [3.63, 3.8) is 0 Å². The summed E-state index contributed by atoms with van der Waals surface area (Å²) in [5.41, 5.74) is 0. The maximum absolute atomic E-state index is 13.3. The Balaban J connectivity index is 2.38. The van der Waals surface area contributed by atoms with Crippen LogP contribution in [0.5, 0.6) is 5.75 Å². The molecule has 0 unspecified atom stereocenters. The van der Waals surface area contributed by atoms with Gasteiger partial charge in [-0.1, -0.05) is 12.1 Å². The van der Waals surface area contributed by atoms with E-state index >= 15 is 0 Å². The van der Waals surface area contributed by atoms with Crippen LogP contribution >= 0.6 is 0 Å². The summed E-state index contributed by atoms with van der Waals surface area (Å²) in [6.45, 7) is 0. The summed E-state index contributed by atoms with van der Waals surface area (Å²) in [6, 6.07) is 6.78. The summed E-state index contributed by atoms with van der Waals surface area (Å²) in [7, 11) is -4.42. The lowest BCUT2D eigenvalue weighted by molar-refractivity contribution is 0.458. The van der Waals surface area contributed by atoms with Gasteiger partial charge in [-0.05, 0) is 30.3 Å². The van der Waals surface area contributed by atoms with Crippen LogP contribution in [0, 0.1) is 17.5 Å². The molecule has 0 spiro atoms. The Morgan fingerprint density at radius 3 is 2.16 bits per heavy atom. The van der Waals surface area contributed by atoms with E-state index in [9.17, 15) is 21.6 Å². The Bertz CT molecular complexity index is 714. The summed E-state index contributed by atoms with van der Waals surface area (Å²) in [5.74, 6) is -3.93. The van der Waals surface area contributed by atoms with E-state index in [1.807, 2.05) is 0 Å². The van der Waals surface area contributed by atoms with Crippen molar-refractivity contribution in [2.75, 3.05) is 0 Å². The van der Waals surface area contributed by atoms with Gasteiger partial charge in [0.15, 0.2) is 23.2 Å². The molecule has 0 bridgehead atoms. The molecule has 2 aromatic carbocycles. The molecule has 0 N–H and O–H groups in total. The second-order valence-electron chi connectivity index (χ2n) is 3.54. The standard InChI is InChI=1S/C12H7F3O3S/c13-9-6-5-8(7-11(9)15)19(16,17)18-12-4-2-1-3-10(12)14/h1-7H. The summed E-state index contributed by atoms with van der Waals surface area (Å²) in [6.07, 6.45) is 0. The van der Waals surface area contributed by atoms with E-state index in [0.717, 1.165) is 18.2 Å². The lowest BCUT2D eigenvalue weighted by atomic mass is 10.3. The highest BCUT2D eigenvalue weighted by Crippen LogP contribution is 2.22. The zero-order valence-corrected chi connectivity index (χ0v) is 10.1. The van der Waals surface area contributed by atoms with E-state index in [4.69, 9.17) is 0 Å². The van der Waals surface area contributed by atoms with E-state index in [2.05, 4.69) is 4.18 Å².